The molecule has 0 aliphatic carbocycles. The van der Waals surface area contributed by atoms with Crippen LogP contribution < -0.4 is 10.6 Å². The van der Waals surface area contributed by atoms with Crippen molar-refractivity contribution in [3.8, 4) is 0 Å². The maximum atomic E-state index is 12.4. The molecule has 3 rings (SSSR count). The Morgan fingerprint density at radius 2 is 2.04 bits per heavy atom. The molecule has 0 radical (unpaired) electrons. The van der Waals surface area contributed by atoms with Gasteiger partial charge in [-0.3, -0.25) is 4.79 Å². The van der Waals surface area contributed by atoms with E-state index < -0.39 is 0 Å². The van der Waals surface area contributed by atoms with E-state index in [0.717, 1.165) is 23.4 Å². The average Bonchev–Trinajstić information content (AvgIpc) is 3.00. The van der Waals surface area contributed by atoms with Crippen molar-refractivity contribution in [2.45, 2.75) is 19.8 Å². The van der Waals surface area contributed by atoms with E-state index in [0.29, 0.717) is 18.2 Å². The molecule has 6 nitrogen and oxygen atoms in total. The van der Waals surface area contributed by atoms with Gasteiger partial charge in [0.05, 0.1) is 5.92 Å². The number of carbonyl (C=O) groups excluding carboxylic acids is 2. The largest absolute Gasteiger partial charge is 0.324 e. The number of benzene rings is 1. The first-order chi connectivity index (χ1) is 11.6. The third kappa shape index (κ3) is 4.11. The number of hydrogen-bond donors (Lipinski definition) is 2. The van der Waals surface area contributed by atoms with Crippen LogP contribution in [0.3, 0.4) is 0 Å². The summed E-state index contributed by atoms with van der Waals surface area (Å²) in [4.78, 5) is 31.7. The van der Waals surface area contributed by atoms with Gasteiger partial charge >= 0.3 is 6.03 Å². The number of para-hydroxylation sites is 1. The number of likely N-dealkylation sites (tertiary alicyclic amines) is 1. The Labute approximate surface area is 144 Å². The molecule has 1 aromatic carbocycles. The van der Waals surface area contributed by atoms with Crippen molar-refractivity contribution in [2.75, 3.05) is 23.7 Å². The van der Waals surface area contributed by atoms with Gasteiger partial charge in [-0.25, -0.2) is 9.78 Å². The number of nitrogens with one attached hydrogen (secondary N) is 2. The number of anilines is 2. The highest BCUT2D eigenvalue weighted by Gasteiger charge is 2.28. The van der Waals surface area contributed by atoms with Gasteiger partial charge in [-0.15, -0.1) is 11.3 Å². The topological polar surface area (TPSA) is 74.3 Å². The lowest BCUT2D eigenvalue weighted by Crippen LogP contribution is -2.45. The van der Waals surface area contributed by atoms with E-state index in [4.69, 9.17) is 0 Å². The summed E-state index contributed by atoms with van der Waals surface area (Å²) in [6.07, 6.45) is 3.34. The third-order valence-corrected chi connectivity index (χ3v) is 4.78. The molecule has 0 unspecified atom stereocenters. The molecule has 0 saturated carbocycles. The summed E-state index contributed by atoms with van der Waals surface area (Å²) >= 11 is 1.45. The highest BCUT2D eigenvalue weighted by molar-refractivity contribution is 7.15. The molecule has 24 heavy (non-hydrogen) atoms. The van der Waals surface area contributed by atoms with Crippen molar-refractivity contribution in [1.82, 2.24) is 9.88 Å². The van der Waals surface area contributed by atoms with Crippen LogP contribution in [0.1, 0.15) is 17.7 Å². The summed E-state index contributed by atoms with van der Waals surface area (Å²) in [5.41, 5.74) is 0.757. The van der Waals surface area contributed by atoms with Crippen LogP contribution in [-0.2, 0) is 4.79 Å². The van der Waals surface area contributed by atoms with Gasteiger partial charge in [0, 0.05) is 29.9 Å². The zero-order chi connectivity index (χ0) is 16.9. The van der Waals surface area contributed by atoms with Crippen LogP contribution in [-0.4, -0.2) is 34.9 Å². The van der Waals surface area contributed by atoms with Crippen molar-refractivity contribution in [3.05, 3.63) is 41.4 Å². The summed E-state index contributed by atoms with van der Waals surface area (Å²) in [6.45, 7) is 3.04. The van der Waals surface area contributed by atoms with Gasteiger partial charge in [0.2, 0.25) is 5.91 Å². The minimum atomic E-state index is -0.204. The van der Waals surface area contributed by atoms with E-state index >= 15 is 0 Å². The van der Waals surface area contributed by atoms with E-state index in [9.17, 15) is 9.59 Å². The van der Waals surface area contributed by atoms with Gasteiger partial charge in [-0.1, -0.05) is 18.2 Å². The highest BCUT2D eigenvalue weighted by atomic mass is 32.1. The molecule has 1 fully saturated rings. The van der Waals surface area contributed by atoms with E-state index in [2.05, 4.69) is 15.6 Å². The Bertz CT molecular complexity index is 716. The number of aromatic nitrogens is 1. The molecule has 2 N–H and O–H groups in total. The molecule has 1 aromatic heterocycles. The zero-order valence-corrected chi connectivity index (χ0v) is 14.3. The van der Waals surface area contributed by atoms with Crippen LogP contribution in [0.2, 0.25) is 0 Å². The third-order valence-electron chi connectivity index (χ3n) is 3.96. The lowest BCUT2D eigenvalue weighted by Gasteiger charge is -2.31. The molecule has 7 heteroatoms. The van der Waals surface area contributed by atoms with Crippen LogP contribution in [0.25, 0.3) is 0 Å². The van der Waals surface area contributed by atoms with Crippen molar-refractivity contribution in [3.63, 3.8) is 0 Å². The number of urea groups is 1. The maximum absolute atomic E-state index is 12.4. The Kier molecular flexibility index (Phi) is 5.10. The van der Waals surface area contributed by atoms with Gasteiger partial charge in [-0.2, -0.15) is 0 Å². The van der Waals surface area contributed by atoms with Crippen LogP contribution in [0, 0.1) is 12.8 Å². The van der Waals surface area contributed by atoms with Gasteiger partial charge in [0.15, 0.2) is 5.13 Å². The molecular weight excluding hydrogens is 324 g/mol. The number of rotatable bonds is 3. The summed E-state index contributed by atoms with van der Waals surface area (Å²) in [5, 5.41) is 6.34. The number of piperidine rings is 1. The molecule has 1 aliphatic rings. The van der Waals surface area contributed by atoms with Crippen molar-refractivity contribution >= 4 is 34.1 Å². The molecule has 126 valence electrons. The van der Waals surface area contributed by atoms with Crippen molar-refractivity contribution < 1.29 is 9.59 Å². The monoisotopic (exact) mass is 344 g/mol. The Hall–Kier alpha value is -2.41. The molecular formula is C17H20N4O2S. The predicted octanol–water partition coefficient (Wildman–Crippen LogP) is 3.33. The zero-order valence-electron chi connectivity index (χ0n) is 13.5. The second-order valence-electron chi connectivity index (χ2n) is 5.85. The maximum Gasteiger partial charge on any atom is 0.321 e. The number of amides is 3. The van der Waals surface area contributed by atoms with Crippen LogP contribution in [0.5, 0.6) is 0 Å². The Morgan fingerprint density at radius 1 is 1.25 bits per heavy atom. The van der Waals surface area contributed by atoms with Crippen LogP contribution >= 0.6 is 11.3 Å². The number of nitrogens with zero attached hydrogens (tertiary/aromatic N) is 2. The number of carbonyl (C=O) groups is 2. The second kappa shape index (κ2) is 7.44. The molecule has 1 aliphatic heterocycles. The van der Waals surface area contributed by atoms with E-state index in [1.165, 1.54) is 11.3 Å². The molecule has 0 spiro atoms. The molecule has 3 amide bonds. The minimum absolute atomic E-state index is 0.0680. The fourth-order valence-electron chi connectivity index (χ4n) is 2.72. The average molecular weight is 344 g/mol. The highest BCUT2D eigenvalue weighted by Crippen LogP contribution is 2.22. The predicted molar refractivity (Wildman–Crippen MR) is 95.2 cm³/mol. The molecule has 0 bridgehead atoms. The SMILES string of the molecule is Cc1cnc(NC(=O)[C@@H]2CCCN(C(=O)Nc3ccccc3)C2)s1. The quantitative estimate of drug-likeness (QED) is 0.897. The fourth-order valence-corrected chi connectivity index (χ4v) is 3.39. The molecule has 2 heterocycles. The standard InChI is InChI=1S/C17H20N4O2S/c1-12-10-18-16(24-12)20-15(22)13-6-5-9-21(11-13)17(23)19-14-7-3-2-4-8-14/h2-4,7-8,10,13H,5-6,9,11H2,1H3,(H,19,23)(H,18,20,22)/t13-/m1/s1. The van der Waals surface area contributed by atoms with Gasteiger partial charge in [0.25, 0.3) is 0 Å². The summed E-state index contributed by atoms with van der Waals surface area (Å²) < 4.78 is 0. The first-order valence-electron chi connectivity index (χ1n) is 7.96. The Morgan fingerprint density at radius 3 is 2.75 bits per heavy atom. The van der Waals surface area contributed by atoms with Gasteiger partial charge in [-0.05, 0) is 31.9 Å². The first-order valence-corrected chi connectivity index (χ1v) is 8.78. The summed E-state index contributed by atoms with van der Waals surface area (Å²) in [5.74, 6) is -0.272. The second-order valence-corrected chi connectivity index (χ2v) is 7.08. The number of aryl methyl sites for hydroxylation is 1. The smallest absolute Gasteiger partial charge is 0.321 e. The lowest BCUT2D eigenvalue weighted by atomic mass is 9.97. The van der Waals surface area contributed by atoms with Crippen LogP contribution in [0.15, 0.2) is 36.5 Å². The summed E-state index contributed by atoms with van der Waals surface area (Å²) in [7, 11) is 0. The number of hydrogen-bond acceptors (Lipinski definition) is 4. The van der Waals surface area contributed by atoms with Crippen molar-refractivity contribution in [2.24, 2.45) is 5.92 Å². The Balaban J connectivity index is 1.57. The van der Waals surface area contributed by atoms with Crippen molar-refractivity contribution in [1.29, 1.82) is 0 Å². The molecule has 2 aromatic rings. The normalized spacial score (nSPS) is 17.4. The van der Waals surface area contributed by atoms with Crippen LogP contribution in [0.4, 0.5) is 15.6 Å². The van der Waals surface area contributed by atoms with E-state index in [-0.39, 0.29) is 17.9 Å². The van der Waals surface area contributed by atoms with E-state index in [1.54, 1.807) is 11.1 Å². The first kappa shape index (κ1) is 16.4. The van der Waals surface area contributed by atoms with Gasteiger partial charge < -0.3 is 15.5 Å². The lowest BCUT2D eigenvalue weighted by molar-refractivity contribution is -0.121. The summed E-state index contributed by atoms with van der Waals surface area (Å²) in [6, 6.07) is 9.17. The molecule has 1 saturated heterocycles. The minimum Gasteiger partial charge on any atom is -0.324 e. The molecule has 1 atom stereocenters. The van der Waals surface area contributed by atoms with Gasteiger partial charge in [0.1, 0.15) is 0 Å². The van der Waals surface area contributed by atoms with E-state index in [1.807, 2.05) is 37.3 Å². The fraction of sp³-hybridized carbons (Fsp3) is 0.353. The number of thiazole rings is 1.